The van der Waals surface area contributed by atoms with Crippen molar-refractivity contribution >= 4 is 17.6 Å². The zero-order chi connectivity index (χ0) is 15.1. The molecule has 2 rings (SSSR count). The zero-order valence-electron chi connectivity index (χ0n) is 10.2. The van der Waals surface area contributed by atoms with Crippen LogP contribution >= 0.6 is 11.6 Å². The Kier molecular flexibility index (Phi) is 3.53. The molecule has 0 saturated heterocycles. The summed E-state index contributed by atoms with van der Waals surface area (Å²) in [6.45, 7) is 1.29. The average molecular weight is 312 g/mol. The van der Waals surface area contributed by atoms with Gasteiger partial charge in [0, 0.05) is 6.42 Å². The van der Waals surface area contributed by atoms with Gasteiger partial charge in [0.2, 0.25) is 0 Å². The van der Waals surface area contributed by atoms with Gasteiger partial charge in [-0.05, 0) is 19.1 Å². The number of pyridine rings is 1. The van der Waals surface area contributed by atoms with E-state index in [-0.39, 0.29) is 10.8 Å². The fourth-order valence-corrected chi connectivity index (χ4v) is 2.14. The highest BCUT2D eigenvalue weighted by Crippen LogP contribution is 2.40. The Morgan fingerprint density at radius 3 is 2.70 bits per heavy atom. The number of ether oxygens (including phenoxy) is 1. The number of nitrogens with zero attached hydrogens (tertiary/aromatic N) is 2. The monoisotopic (exact) mass is 311 g/mol. The second-order valence-corrected chi connectivity index (χ2v) is 4.93. The molecule has 0 fully saturated rings. The number of halogens is 5. The maximum Gasteiger partial charge on any atom is 0.425 e. The first-order valence-electron chi connectivity index (χ1n) is 5.53. The van der Waals surface area contributed by atoms with E-state index >= 15 is 0 Å². The summed E-state index contributed by atoms with van der Waals surface area (Å²) in [6, 6.07) is 1.54. The van der Waals surface area contributed by atoms with Crippen molar-refractivity contribution in [3.8, 4) is 0 Å². The molecule has 0 bridgehead atoms. The number of aliphatic imine (C=N–C) groups is 1. The lowest BCUT2D eigenvalue weighted by molar-refractivity contribution is -0.208. The third kappa shape index (κ3) is 2.79. The van der Waals surface area contributed by atoms with Gasteiger partial charge < -0.3 is 10.5 Å². The van der Waals surface area contributed by atoms with E-state index < -0.39 is 36.1 Å². The predicted octanol–water partition coefficient (Wildman–Crippen LogP) is 2.76. The Balaban J connectivity index is 2.48. The number of hydrogen-bond donors (Lipinski definition) is 1. The molecule has 9 heteroatoms. The van der Waals surface area contributed by atoms with Crippen LogP contribution < -0.4 is 5.73 Å². The number of rotatable bonds is 1. The molecule has 0 aromatic carbocycles. The Hall–Kier alpha value is -1.57. The SMILES string of the molecule is C[C@@]1(c2nc(Cl)ccc2F)C[C@@H](C(F)(F)F)OC(N)=N1. The summed E-state index contributed by atoms with van der Waals surface area (Å²) in [5.74, 6) is -0.809. The van der Waals surface area contributed by atoms with Gasteiger partial charge in [0.25, 0.3) is 6.02 Å². The van der Waals surface area contributed by atoms with Gasteiger partial charge in [-0.25, -0.2) is 14.4 Å². The van der Waals surface area contributed by atoms with Crippen LogP contribution in [-0.4, -0.2) is 23.3 Å². The molecule has 1 aromatic rings. The first kappa shape index (κ1) is 14.8. The molecule has 0 radical (unpaired) electrons. The Morgan fingerprint density at radius 1 is 1.45 bits per heavy atom. The molecule has 2 N–H and O–H groups in total. The molecule has 2 atom stereocenters. The molecule has 0 spiro atoms. The van der Waals surface area contributed by atoms with Crippen LogP contribution in [0, 0.1) is 5.82 Å². The van der Waals surface area contributed by atoms with Crippen molar-refractivity contribution in [2.45, 2.75) is 31.2 Å². The van der Waals surface area contributed by atoms with Crippen molar-refractivity contribution in [2.75, 3.05) is 0 Å². The number of hydrogen-bond acceptors (Lipinski definition) is 4. The van der Waals surface area contributed by atoms with Crippen molar-refractivity contribution in [2.24, 2.45) is 10.7 Å². The molecular formula is C11H10ClF4N3O. The summed E-state index contributed by atoms with van der Waals surface area (Å²) in [5.41, 5.74) is 3.37. The molecule has 20 heavy (non-hydrogen) atoms. The largest absolute Gasteiger partial charge is 0.452 e. The van der Waals surface area contributed by atoms with E-state index in [4.69, 9.17) is 17.3 Å². The van der Waals surface area contributed by atoms with Crippen LogP contribution in [0.1, 0.15) is 19.0 Å². The van der Waals surface area contributed by atoms with E-state index in [1.54, 1.807) is 0 Å². The van der Waals surface area contributed by atoms with Crippen LogP contribution in [0.4, 0.5) is 17.6 Å². The molecule has 1 aliphatic rings. The van der Waals surface area contributed by atoms with Crippen LogP contribution in [-0.2, 0) is 10.3 Å². The van der Waals surface area contributed by atoms with Crippen molar-refractivity contribution in [3.05, 3.63) is 28.8 Å². The third-order valence-electron chi connectivity index (χ3n) is 2.89. The molecule has 110 valence electrons. The van der Waals surface area contributed by atoms with Crippen LogP contribution in [0.3, 0.4) is 0 Å². The summed E-state index contributed by atoms with van der Waals surface area (Å²) >= 11 is 5.65. The van der Waals surface area contributed by atoms with Crippen LogP contribution in [0.2, 0.25) is 5.15 Å². The Labute approximate surface area is 116 Å². The molecule has 0 amide bonds. The highest BCUT2D eigenvalue weighted by atomic mass is 35.5. The number of nitrogens with two attached hydrogens (primary N) is 1. The van der Waals surface area contributed by atoms with Crippen molar-refractivity contribution < 1.29 is 22.3 Å². The summed E-state index contributed by atoms with van der Waals surface area (Å²) in [6.07, 6.45) is -7.46. The lowest BCUT2D eigenvalue weighted by Crippen LogP contribution is -2.46. The minimum atomic E-state index is -4.64. The van der Waals surface area contributed by atoms with Gasteiger partial charge in [-0.15, -0.1) is 0 Å². The normalized spacial score (nSPS) is 26.9. The summed E-state index contributed by atoms with van der Waals surface area (Å²) in [4.78, 5) is 7.49. The summed E-state index contributed by atoms with van der Waals surface area (Å²) < 4.78 is 56.6. The summed E-state index contributed by atoms with van der Waals surface area (Å²) in [5, 5.41) is -0.0496. The van der Waals surface area contributed by atoms with Gasteiger partial charge in [0.05, 0.1) is 0 Å². The topological polar surface area (TPSA) is 60.5 Å². The fourth-order valence-electron chi connectivity index (χ4n) is 1.99. The van der Waals surface area contributed by atoms with E-state index in [1.165, 1.54) is 13.0 Å². The molecule has 1 aliphatic heterocycles. The van der Waals surface area contributed by atoms with Crippen molar-refractivity contribution in [1.82, 2.24) is 4.98 Å². The van der Waals surface area contributed by atoms with Gasteiger partial charge in [-0.3, -0.25) is 0 Å². The first-order valence-corrected chi connectivity index (χ1v) is 5.91. The van der Waals surface area contributed by atoms with E-state index in [0.717, 1.165) is 6.07 Å². The van der Waals surface area contributed by atoms with Gasteiger partial charge in [-0.2, -0.15) is 13.2 Å². The number of aromatic nitrogens is 1. The predicted molar refractivity (Wildman–Crippen MR) is 63.7 cm³/mol. The molecule has 0 saturated carbocycles. The molecule has 2 heterocycles. The van der Waals surface area contributed by atoms with Gasteiger partial charge >= 0.3 is 6.18 Å². The molecular weight excluding hydrogens is 302 g/mol. The van der Waals surface area contributed by atoms with Crippen molar-refractivity contribution in [1.29, 1.82) is 0 Å². The fraction of sp³-hybridized carbons (Fsp3) is 0.455. The van der Waals surface area contributed by atoms with Gasteiger partial charge in [0.1, 0.15) is 22.2 Å². The molecule has 0 aliphatic carbocycles. The minimum Gasteiger partial charge on any atom is -0.452 e. The Morgan fingerprint density at radius 2 is 2.10 bits per heavy atom. The standard InChI is InChI=1S/C11H10ClF4N3O/c1-10(8-5(13)2-3-7(12)18-8)4-6(11(14,15)16)20-9(17)19-10/h2-3,6H,4H2,1H3,(H2,17,19)/t6-,10-/m0/s1. The van der Waals surface area contributed by atoms with E-state index in [2.05, 4.69) is 14.7 Å². The van der Waals surface area contributed by atoms with Gasteiger partial charge in [0.15, 0.2) is 6.10 Å². The van der Waals surface area contributed by atoms with Crippen LogP contribution in [0.5, 0.6) is 0 Å². The van der Waals surface area contributed by atoms with E-state index in [0.29, 0.717) is 0 Å². The molecule has 0 unspecified atom stereocenters. The zero-order valence-corrected chi connectivity index (χ0v) is 11.0. The van der Waals surface area contributed by atoms with Gasteiger partial charge in [-0.1, -0.05) is 11.6 Å². The lowest BCUT2D eigenvalue weighted by atomic mass is 9.89. The summed E-state index contributed by atoms with van der Waals surface area (Å²) in [7, 11) is 0. The van der Waals surface area contributed by atoms with Crippen LogP contribution in [0.15, 0.2) is 17.1 Å². The smallest absolute Gasteiger partial charge is 0.425 e. The van der Waals surface area contributed by atoms with Crippen LogP contribution in [0.25, 0.3) is 0 Å². The van der Waals surface area contributed by atoms with Crippen molar-refractivity contribution in [3.63, 3.8) is 0 Å². The molecule has 4 nitrogen and oxygen atoms in total. The molecule has 1 aromatic heterocycles. The Bertz CT molecular complexity index is 563. The lowest BCUT2D eigenvalue weighted by Gasteiger charge is -2.35. The van der Waals surface area contributed by atoms with E-state index in [1.807, 2.05) is 0 Å². The minimum absolute atomic E-state index is 0.0496. The second-order valence-electron chi connectivity index (χ2n) is 4.54. The number of amidine groups is 1. The number of alkyl halides is 3. The average Bonchev–Trinajstić information content (AvgIpc) is 2.30. The first-order chi connectivity index (χ1) is 9.12. The second kappa shape index (κ2) is 4.76. The third-order valence-corrected chi connectivity index (χ3v) is 3.10. The highest BCUT2D eigenvalue weighted by molar-refractivity contribution is 6.29. The maximum absolute atomic E-state index is 13.8. The van der Waals surface area contributed by atoms with E-state index in [9.17, 15) is 17.6 Å². The highest BCUT2D eigenvalue weighted by Gasteiger charge is 2.50. The maximum atomic E-state index is 13.8. The quantitative estimate of drug-likeness (QED) is 0.641.